The van der Waals surface area contributed by atoms with Gasteiger partial charge in [0.1, 0.15) is 13.2 Å². The molecule has 1 fully saturated rings. The third kappa shape index (κ3) is 4.21. The van der Waals surface area contributed by atoms with Gasteiger partial charge in [-0.25, -0.2) is 12.7 Å². The van der Waals surface area contributed by atoms with Crippen LogP contribution >= 0.6 is 0 Å². The molecule has 31 heavy (non-hydrogen) atoms. The Kier molecular flexibility index (Phi) is 5.59. The van der Waals surface area contributed by atoms with E-state index in [0.29, 0.717) is 42.5 Å². The maximum Gasteiger partial charge on any atom is 0.251 e. The molecule has 0 unspecified atom stereocenters. The highest BCUT2D eigenvalue weighted by Crippen LogP contribution is 2.35. The molecule has 2 aromatic carbocycles. The van der Waals surface area contributed by atoms with E-state index < -0.39 is 10.0 Å². The molecule has 0 aromatic heterocycles. The molecule has 2 aliphatic heterocycles. The summed E-state index contributed by atoms with van der Waals surface area (Å²) in [6, 6.07) is 10.7. The topological polar surface area (TPSA) is 105 Å². The molecule has 1 saturated heterocycles. The highest BCUT2D eigenvalue weighted by molar-refractivity contribution is 7.89. The van der Waals surface area contributed by atoms with Gasteiger partial charge in [0, 0.05) is 44.4 Å². The van der Waals surface area contributed by atoms with Crippen LogP contribution in [0.4, 0.5) is 5.69 Å². The van der Waals surface area contributed by atoms with Crippen molar-refractivity contribution < 1.29 is 27.5 Å². The zero-order valence-corrected chi connectivity index (χ0v) is 18.0. The predicted octanol–water partition coefficient (Wildman–Crippen LogP) is 1.24. The normalized spacial score (nSPS) is 18.4. The van der Waals surface area contributed by atoms with Gasteiger partial charge in [-0.3, -0.25) is 9.59 Å². The van der Waals surface area contributed by atoms with Gasteiger partial charge in [0.2, 0.25) is 15.9 Å². The van der Waals surface area contributed by atoms with Crippen LogP contribution < -0.4 is 19.7 Å². The minimum absolute atomic E-state index is 0.102. The number of ether oxygens (including phenoxy) is 2. The summed E-state index contributed by atoms with van der Waals surface area (Å²) in [5.41, 5.74) is 1.01. The molecule has 1 atom stereocenters. The molecular weight excluding hydrogens is 422 g/mol. The average Bonchev–Trinajstić information content (AvgIpc) is 3.13. The largest absolute Gasteiger partial charge is 0.486 e. The Morgan fingerprint density at radius 3 is 2.42 bits per heavy atom. The van der Waals surface area contributed by atoms with Gasteiger partial charge in [-0.1, -0.05) is 0 Å². The number of benzene rings is 2. The third-order valence-electron chi connectivity index (χ3n) is 5.19. The van der Waals surface area contributed by atoms with Gasteiger partial charge in [0.25, 0.3) is 5.91 Å². The van der Waals surface area contributed by atoms with Gasteiger partial charge in [0.15, 0.2) is 11.5 Å². The van der Waals surface area contributed by atoms with E-state index in [9.17, 15) is 18.0 Å². The molecule has 0 aliphatic carbocycles. The monoisotopic (exact) mass is 445 g/mol. The van der Waals surface area contributed by atoms with Crippen LogP contribution in [0, 0.1) is 0 Å². The van der Waals surface area contributed by atoms with Crippen molar-refractivity contribution in [2.24, 2.45) is 0 Å². The van der Waals surface area contributed by atoms with Crippen molar-refractivity contribution in [3.05, 3.63) is 48.0 Å². The van der Waals surface area contributed by atoms with Crippen molar-refractivity contribution >= 4 is 27.5 Å². The molecule has 4 rings (SSSR count). The van der Waals surface area contributed by atoms with E-state index in [4.69, 9.17) is 9.47 Å². The maximum absolute atomic E-state index is 12.6. The van der Waals surface area contributed by atoms with E-state index in [1.54, 1.807) is 23.1 Å². The molecule has 0 bridgehead atoms. The first kappa shape index (κ1) is 21.1. The number of nitrogens with zero attached hydrogens (tertiary/aromatic N) is 2. The van der Waals surface area contributed by atoms with E-state index in [0.717, 1.165) is 4.31 Å². The zero-order chi connectivity index (χ0) is 22.2. The SMILES string of the molecule is CN(C)S(=O)(=O)c1ccc(C(=O)N[C@@H]2CC(=O)N(c3ccc4c(c3)OCCO4)C2)cc1. The third-order valence-corrected chi connectivity index (χ3v) is 7.02. The van der Waals surface area contributed by atoms with Gasteiger partial charge in [-0.2, -0.15) is 0 Å². The number of hydrogen-bond donors (Lipinski definition) is 1. The summed E-state index contributed by atoms with van der Waals surface area (Å²) >= 11 is 0. The second kappa shape index (κ2) is 8.20. The highest BCUT2D eigenvalue weighted by Gasteiger charge is 2.32. The van der Waals surface area contributed by atoms with E-state index in [2.05, 4.69) is 5.32 Å². The zero-order valence-electron chi connectivity index (χ0n) is 17.2. The fourth-order valence-corrected chi connectivity index (χ4v) is 4.41. The number of nitrogens with one attached hydrogen (secondary N) is 1. The molecule has 2 heterocycles. The quantitative estimate of drug-likeness (QED) is 0.743. The first-order valence-corrected chi connectivity index (χ1v) is 11.2. The number of hydrogen-bond acceptors (Lipinski definition) is 6. The number of anilines is 1. The average molecular weight is 445 g/mol. The van der Waals surface area contributed by atoms with Crippen LogP contribution in [0.1, 0.15) is 16.8 Å². The molecule has 0 saturated carbocycles. The summed E-state index contributed by atoms with van der Waals surface area (Å²) in [6.45, 7) is 1.28. The predicted molar refractivity (Wildman–Crippen MR) is 113 cm³/mol. The standard InChI is InChI=1S/C21H23N3O6S/c1-23(2)31(27,28)17-6-3-14(4-7-17)21(26)22-15-11-20(25)24(13-15)16-5-8-18-19(12-16)30-10-9-29-18/h3-8,12,15H,9-11,13H2,1-2H3,(H,22,26)/t15-/m1/s1. The van der Waals surface area contributed by atoms with Crippen molar-refractivity contribution in [3.8, 4) is 11.5 Å². The highest BCUT2D eigenvalue weighted by atomic mass is 32.2. The van der Waals surface area contributed by atoms with Crippen molar-refractivity contribution in [1.29, 1.82) is 0 Å². The van der Waals surface area contributed by atoms with Crippen molar-refractivity contribution in [3.63, 3.8) is 0 Å². The number of fused-ring (bicyclic) bond motifs is 1. The summed E-state index contributed by atoms with van der Waals surface area (Å²) in [5.74, 6) is 0.771. The Morgan fingerprint density at radius 1 is 1.06 bits per heavy atom. The van der Waals surface area contributed by atoms with Crippen molar-refractivity contribution in [1.82, 2.24) is 9.62 Å². The van der Waals surface area contributed by atoms with E-state index in [1.165, 1.54) is 38.4 Å². The van der Waals surface area contributed by atoms with Gasteiger partial charge < -0.3 is 19.7 Å². The number of carbonyl (C=O) groups excluding carboxylic acids is 2. The van der Waals surface area contributed by atoms with E-state index in [-0.39, 0.29) is 29.2 Å². The lowest BCUT2D eigenvalue weighted by Gasteiger charge is -2.22. The van der Waals surface area contributed by atoms with Gasteiger partial charge in [-0.05, 0) is 36.4 Å². The molecular formula is C21H23N3O6S. The molecule has 2 aromatic rings. The first-order chi connectivity index (χ1) is 14.8. The molecule has 2 aliphatic rings. The fraction of sp³-hybridized carbons (Fsp3) is 0.333. The minimum atomic E-state index is -3.56. The summed E-state index contributed by atoms with van der Waals surface area (Å²) in [7, 11) is -0.673. The van der Waals surface area contributed by atoms with E-state index in [1.807, 2.05) is 0 Å². The van der Waals surface area contributed by atoms with Crippen LogP contribution in [0.5, 0.6) is 11.5 Å². The second-order valence-corrected chi connectivity index (χ2v) is 9.67. The Hall–Kier alpha value is -3.11. The van der Waals surface area contributed by atoms with Crippen LogP contribution in [-0.2, 0) is 14.8 Å². The molecule has 2 amide bonds. The van der Waals surface area contributed by atoms with Gasteiger partial charge >= 0.3 is 0 Å². The number of amides is 2. The molecule has 0 radical (unpaired) electrons. The smallest absolute Gasteiger partial charge is 0.251 e. The number of carbonyl (C=O) groups is 2. The van der Waals surface area contributed by atoms with Gasteiger partial charge in [-0.15, -0.1) is 0 Å². The Balaban J connectivity index is 1.42. The number of sulfonamides is 1. The second-order valence-electron chi connectivity index (χ2n) is 7.52. The van der Waals surface area contributed by atoms with Crippen molar-refractivity contribution in [2.45, 2.75) is 17.4 Å². The molecule has 1 N–H and O–H groups in total. The minimum Gasteiger partial charge on any atom is -0.486 e. The summed E-state index contributed by atoms with van der Waals surface area (Å²) in [4.78, 5) is 26.8. The van der Waals surface area contributed by atoms with Crippen LogP contribution in [0.2, 0.25) is 0 Å². The van der Waals surface area contributed by atoms with Crippen molar-refractivity contribution in [2.75, 3.05) is 38.8 Å². The van der Waals surface area contributed by atoms with Crippen LogP contribution in [0.15, 0.2) is 47.4 Å². The molecule has 9 nitrogen and oxygen atoms in total. The summed E-state index contributed by atoms with van der Waals surface area (Å²) in [5, 5.41) is 2.85. The van der Waals surface area contributed by atoms with E-state index >= 15 is 0 Å². The van der Waals surface area contributed by atoms with Gasteiger partial charge in [0.05, 0.1) is 10.9 Å². The van der Waals surface area contributed by atoms with Crippen LogP contribution in [0.25, 0.3) is 0 Å². The van der Waals surface area contributed by atoms with Crippen LogP contribution in [-0.4, -0.2) is 64.4 Å². The molecule has 0 spiro atoms. The lowest BCUT2D eigenvalue weighted by atomic mass is 10.2. The Labute approximate surface area is 180 Å². The molecule has 164 valence electrons. The van der Waals surface area contributed by atoms with Crippen LogP contribution in [0.3, 0.4) is 0 Å². The molecule has 10 heteroatoms. The first-order valence-electron chi connectivity index (χ1n) is 9.79. The lowest BCUT2D eigenvalue weighted by Crippen LogP contribution is -2.37. The Morgan fingerprint density at radius 2 is 1.74 bits per heavy atom. The number of rotatable bonds is 5. The Bertz CT molecular complexity index is 1110. The summed E-state index contributed by atoms with van der Waals surface area (Å²) in [6.07, 6.45) is 0.174. The lowest BCUT2D eigenvalue weighted by molar-refractivity contribution is -0.117. The maximum atomic E-state index is 12.6. The fourth-order valence-electron chi connectivity index (χ4n) is 3.51. The summed E-state index contributed by atoms with van der Waals surface area (Å²) < 4.78 is 36.5.